The van der Waals surface area contributed by atoms with E-state index in [1.54, 1.807) is 6.07 Å². The van der Waals surface area contributed by atoms with Gasteiger partial charge in [0.1, 0.15) is 0 Å². The molecule has 148 valence electrons. The SMILES string of the molecule is COc1ccc(CCCCO[Si](C)(C)C(C)(C)C)c(OC)c(=O)c1OC. The number of hydrogen-bond acceptors (Lipinski definition) is 5. The predicted molar refractivity (Wildman–Crippen MR) is 108 cm³/mol. The fourth-order valence-corrected chi connectivity index (χ4v) is 3.51. The molecule has 1 aromatic carbocycles. The van der Waals surface area contributed by atoms with Crippen molar-refractivity contribution < 1.29 is 18.6 Å². The minimum atomic E-state index is -1.71. The van der Waals surface area contributed by atoms with Crippen molar-refractivity contribution in [3.05, 3.63) is 27.9 Å². The maximum Gasteiger partial charge on any atom is 0.266 e. The van der Waals surface area contributed by atoms with E-state index >= 15 is 0 Å². The maximum absolute atomic E-state index is 12.6. The van der Waals surface area contributed by atoms with E-state index < -0.39 is 8.32 Å². The number of hydrogen-bond donors (Lipinski definition) is 0. The molecule has 0 atom stereocenters. The highest BCUT2D eigenvalue weighted by Crippen LogP contribution is 2.36. The first-order chi connectivity index (χ1) is 12.1. The zero-order valence-electron chi connectivity index (χ0n) is 17.5. The van der Waals surface area contributed by atoms with Crippen molar-refractivity contribution in [2.45, 2.75) is 58.2 Å². The first kappa shape index (κ1) is 22.5. The number of unbranched alkanes of at least 4 members (excludes halogenated alkanes) is 1. The largest absolute Gasteiger partial charge is 0.493 e. The Morgan fingerprint density at radius 2 is 1.54 bits per heavy atom. The van der Waals surface area contributed by atoms with Gasteiger partial charge in [-0.3, -0.25) is 4.79 Å². The molecule has 0 bridgehead atoms. The third kappa shape index (κ3) is 5.48. The molecule has 0 aromatic heterocycles. The zero-order valence-corrected chi connectivity index (χ0v) is 18.5. The van der Waals surface area contributed by atoms with Crippen molar-refractivity contribution in [3.8, 4) is 17.2 Å². The van der Waals surface area contributed by atoms with E-state index in [9.17, 15) is 4.79 Å². The molecule has 0 unspecified atom stereocenters. The standard InChI is InChI=1S/C20H34O5Si/c1-20(2,3)26(7,8)25-14-10-9-11-15-12-13-16(22-4)19(24-6)17(21)18(15)23-5/h12-13H,9-11,14H2,1-8H3. The fraction of sp³-hybridized carbons (Fsp3) is 0.650. The summed E-state index contributed by atoms with van der Waals surface area (Å²) in [6.45, 7) is 12.0. The quantitative estimate of drug-likeness (QED) is 0.467. The van der Waals surface area contributed by atoms with E-state index in [4.69, 9.17) is 18.6 Å². The summed E-state index contributed by atoms with van der Waals surface area (Å²) in [5.41, 5.74) is 0.566. The Hall–Kier alpha value is -1.53. The van der Waals surface area contributed by atoms with Crippen molar-refractivity contribution >= 4 is 8.32 Å². The first-order valence-electron chi connectivity index (χ1n) is 9.05. The summed E-state index contributed by atoms with van der Waals surface area (Å²) < 4.78 is 22.0. The number of ether oxygens (including phenoxy) is 3. The lowest BCUT2D eigenvalue weighted by atomic mass is 10.1. The molecule has 0 fully saturated rings. The second kappa shape index (κ2) is 9.42. The highest BCUT2D eigenvalue weighted by molar-refractivity contribution is 6.74. The third-order valence-electron chi connectivity index (χ3n) is 5.10. The van der Waals surface area contributed by atoms with Gasteiger partial charge in [-0.2, -0.15) is 0 Å². The summed E-state index contributed by atoms with van der Waals surface area (Å²) in [5.74, 6) is 0.885. The third-order valence-corrected chi connectivity index (χ3v) is 9.64. The lowest BCUT2D eigenvalue weighted by molar-refractivity contribution is 0.279. The highest BCUT2D eigenvalue weighted by Gasteiger charge is 2.36. The minimum absolute atomic E-state index is 0.164. The second-order valence-electron chi connectivity index (χ2n) is 7.89. The molecule has 1 aromatic rings. The van der Waals surface area contributed by atoms with Gasteiger partial charge in [0, 0.05) is 6.61 Å². The average molecular weight is 383 g/mol. The maximum atomic E-state index is 12.6. The van der Waals surface area contributed by atoms with Crippen LogP contribution in [0, 0.1) is 0 Å². The zero-order chi connectivity index (χ0) is 20.0. The van der Waals surface area contributed by atoms with Crippen LogP contribution in [0.1, 0.15) is 39.2 Å². The summed E-state index contributed by atoms with van der Waals surface area (Å²) >= 11 is 0. The van der Waals surface area contributed by atoms with E-state index in [0.717, 1.165) is 31.4 Å². The number of aryl methyl sites for hydroxylation is 1. The molecule has 1 rings (SSSR count). The van der Waals surface area contributed by atoms with Gasteiger partial charge in [-0.25, -0.2) is 0 Å². The minimum Gasteiger partial charge on any atom is -0.493 e. The van der Waals surface area contributed by atoms with Crippen molar-refractivity contribution in [3.63, 3.8) is 0 Å². The molecule has 0 spiro atoms. The molecule has 0 saturated carbocycles. The van der Waals surface area contributed by atoms with E-state index in [2.05, 4.69) is 33.9 Å². The molecule has 0 saturated heterocycles. The van der Waals surface area contributed by atoms with Gasteiger partial charge in [-0.1, -0.05) is 26.8 Å². The van der Waals surface area contributed by atoms with Gasteiger partial charge in [-0.05, 0) is 49.0 Å². The van der Waals surface area contributed by atoms with E-state index in [0.29, 0.717) is 11.5 Å². The van der Waals surface area contributed by atoms with Crippen molar-refractivity contribution in [2.75, 3.05) is 27.9 Å². The molecular formula is C20H34O5Si. The van der Waals surface area contributed by atoms with Gasteiger partial charge < -0.3 is 18.6 Å². The molecule has 0 aliphatic carbocycles. The predicted octanol–water partition coefficient (Wildman–Crippen LogP) is 4.42. The monoisotopic (exact) mass is 382 g/mol. The molecule has 0 aliphatic heterocycles. The molecule has 0 radical (unpaired) electrons. The smallest absolute Gasteiger partial charge is 0.266 e. The number of methoxy groups -OCH3 is 3. The molecule has 26 heavy (non-hydrogen) atoms. The van der Waals surface area contributed by atoms with Crippen molar-refractivity contribution in [2.24, 2.45) is 0 Å². The average Bonchev–Trinajstić information content (AvgIpc) is 2.68. The Balaban J connectivity index is 2.81. The molecule has 6 heteroatoms. The summed E-state index contributed by atoms with van der Waals surface area (Å²) in [4.78, 5) is 12.6. The normalized spacial score (nSPS) is 12.0. The lowest BCUT2D eigenvalue weighted by Gasteiger charge is -2.36. The van der Waals surface area contributed by atoms with Crippen molar-refractivity contribution in [1.82, 2.24) is 0 Å². The summed E-state index contributed by atoms with van der Waals surface area (Å²) in [6.07, 6.45) is 2.59. The Labute approximate surface area is 158 Å². The van der Waals surface area contributed by atoms with Crippen LogP contribution in [-0.4, -0.2) is 36.3 Å². The van der Waals surface area contributed by atoms with Crippen LogP contribution in [0.5, 0.6) is 17.2 Å². The molecule has 0 N–H and O–H groups in total. The van der Waals surface area contributed by atoms with E-state index in [-0.39, 0.29) is 16.2 Å². The summed E-state index contributed by atoms with van der Waals surface area (Å²) in [7, 11) is 2.77. The second-order valence-corrected chi connectivity index (χ2v) is 12.7. The van der Waals surface area contributed by atoms with Crippen LogP contribution >= 0.6 is 0 Å². The molecule has 0 amide bonds. The summed E-state index contributed by atoms with van der Waals surface area (Å²) in [5, 5.41) is 0.216. The van der Waals surface area contributed by atoms with Gasteiger partial charge in [0.15, 0.2) is 19.8 Å². The van der Waals surface area contributed by atoms with Crippen LogP contribution in [0.4, 0.5) is 0 Å². The van der Waals surface area contributed by atoms with Crippen molar-refractivity contribution in [1.29, 1.82) is 0 Å². The van der Waals surface area contributed by atoms with Gasteiger partial charge in [0.05, 0.1) is 21.3 Å². The topological polar surface area (TPSA) is 54.0 Å². The van der Waals surface area contributed by atoms with Crippen LogP contribution < -0.4 is 19.6 Å². The lowest BCUT2D eigenvalue weighted by Crippen LogP contribution is -2.40. The van der Waals surface area contributed by atoms with Gasteiger partial charge in [-0.15, -0.1) is 0 Å². The first-order valence-corrected chi connectivity index (χ1v) is 12.0. The molecular weight excluding hydrogens is 348 g/mol. The van der Waals surface area contributed by atoms with E-state index in [1.165, 1.54) is 21.3 Å². The van der Waals surface area contributed by atoms with Crippen LogP contribution in [-0.2, 0) is 10.8 Å². The summed E-state index contributed by atoms with van der Waals surface area (Å²) in [6, 6.07) is 3.63. The highest BCUT2D eigenvalue weighted by atomic mass is 28.4. The molecule has 0 aliphatic rings. The van der Waals surface area contributed by atoms with Crippen LogP contribution in [0.15, 0.2) is 16.9 Å². The number of rotatable bonds is 9. The Kier molecular flexibility index (Phi) is 8.15. The van der Waals surface area contributed by atoms with Gasteiger partial charge in [0.25, 0.3) is 5.43 Å². The Morgan fingerprint density at radius 3 is 2.04 bits per heavy atom. The van der Waals surface area contributed by atoms with Crippen LogP contribution in [0.3, 0.4) is 0 Å². The van der Waals surface area contributed by atoms with Crippen LogP contribution in [0.2, 0.25) is 18.1 Å². The Morgan fingerprint density at radius 1 is 0.923 bits per heavy atom. The van der Waals surface area contributed by atoms with Crippen LogP contribution in [0.25, 0.3) is 0 Å². The Bertz CT molecular complexity index is 650. The van der Waals surface area contributed by atoms with Gasteiger partial charge in [0.2, 0.25) is 5.75 Å². The molecule has 0 heterocycles. The van der Waals surface area contributed by atoms with Gasteiger partial charge >= 0.3 is 0 Å². The molecule has 5 nitrogen and oxygen atoms in total. The fourth-order valence-electron chi connectivity index (χ4n) is 2.42. The van der Waals surface area contributed by atoms with E-state index in [1.807, 2.05) is 6.07 Å².